The molecule has 0 bridgehead atoms. The molecule has 0 atom stereocenters. The van der Waals surface area contributed by atoms with Crippen molar-refractivity contribution in [3.63, 3.8) is 0 Å². The molecule has 0 aromatic heterocycles. The van der Waals surface area contributed by atoms with Gasteiger partial charge < -0.3 is 14.6 Å². The molecule has 17 heavy (non-hydrogen) atoms. The highest BCUT2D eigenvalue weighted by molar-refractivity contribution is 7.90. The van der Waals surface area contributed by atoms with Gasteiger partial charge in [-0.2, -0.15) is 0 Å². The van der Waals surface area contributed by atoms with E-state index in [1.165, 1.54) is 0 Å². The highest BCUT2D eigenvalue weighted by atomic mass is 32.2. The second-order valence-corrected chi connectivity index (χ2v) is 5.78. The van der Waals surface area contributed by atoms with E-state index in [1.807, 2.05) is 0 Å². The van der Waals surface area contributed by atoms with Crippen molar-refractivity contribution in [1.29, 1.82) is 0 Å². The molecule has 0 amide bonds. The first-order valence-electron chi connectivity index (χ1n) is 5.26. The van der Waals surface area contributed by atoms with E-state index in [4.69, 9.17) is 14.6 Å². The summed E-state index contributed by atoms with van der Waals surface area (Å²) in [6, 6.07) is 3.33. The van der Waals surface area contributed by atoms with Crippen LogP contribution < -0.4 is 9.47 Å². The molecule has 0 radical (unpaired) electrons. The zero-order chi connectivity index (χ0) is 12.5. The molecule has 0 saturated heterocycles. The van der Waals surface area contributed by atoms with Gasteiger partial charge in [0.05, 0.1) is 0 Å². The predicted molar refractivity (Wildman–Crippen MR) is 61.3 cm³/mol. The van der Waals surface area contributed by atoms with E-state index in [-0.39, 0.29) is 23.7 Å². The van der Waals surface area contributed by atoms with Gasteiger partial charge in [0.1, 0.15) is 18.1 Å². The van der Waals surface area contributed by atoms with Crippen molar-refractivity contribution in [2.24, 2.45) is 0 Å². The Hall–Kier alpha value is -1.27. The molecule has 0 unspecified atom stereocenters. The van der Waals surface area contributed by atoms with Crippen LogP contribution in [-0.4, -0.2) is 39.6 Å². The molecule has 5 nitrogen and oxygen atoms in total. The van der Waals surface area contributed by atoms with Crippen LogP contribution in [0.1, 0.15) is 5.56 Å². The SMILES string of the molecule is CS(=O)(=O)c1c(CCO)ccc2c1OCCO2. The van der Waals surface area contributed by atoms with Crippen molar-refractivity contribution in [1.82, 2.24) is 0 Å². The number of hydrogen-bond acceptors (Lipinski definition) is 5. The molecule has 1 aliphatic rings. The number of rotatable bonds is 3. The summed E-state index contributed by atoms with van der Waals surface area (Å²) in [5, 5.41) is 8.95. The van der Waals surface area contributed by atoms with Gasteiger partial charge in [0.2, 0.25) is 0 Å². The van der Waals surface area contributed by atoms with Gasteiger partial charge in [-0.05, 0) is 18.1 Å². The Morgan fingerprint density at radius 3 is 2.65 bits per heavy atom. The van der Waals surface area contributed by atoms with Crippen molar-refractivity contribution in [3.8, 4) is 11.5 Å². The molecule has 1 aliphatic heterocycles. The monoisotopic (exact) mass is 258 g/mol. The van der Waals surface area contributed by atoms with E-state index in [2.05, 4.69) is 0 Å². The van der Waals surface area contributed by atoms with Crippen LogP contribution in [0.2, 0.25) is 0 Å². The van der Waals surface area contributed by atoms with Crippen LogP contribution >= 0.6 is 0 Å². The van der Waals surface area contributed by atoms with Crippen molar-refractivity contribution in [2.75, 3.05) is 26.1 Å². The maximum atomic E-state index is 11.8. The van der Waals surface area contributed by atoms with E-state index >= 15 is 0 Å². The first kappa shape index (κ1) is 12.2. The van der Waals surface area contributed by atoms with E-state index < -0.39 is 9.84 Å². The predicted octanol–water partition coefficient (Wildman–Crippen LogP) is 0.396. The molecule has 1 N–H and O–H groups in total. The smallest absolute Gasteiger partial charge is 0.180 e. The fourth-order valence-corrected chi connectivity index (χ4v) is 3.00. The fraction of sp³-hybridized carbons (Fsp3) is 0.455. The second kappa shape index (κ2) is 4.54. The van der Waals surface area contributed by atoms with Crippen LogP contribution in [0.25, 0.3) is 0 Å². The average molecular weight is 258 g/mol. The number of benzene rings is 1. The third-order valence-electron chi connectivity index (χ3n) is 2.50. The topological polar surface area (TPSA) is 72.8 Å². The lowest BCUT2D eigenvalue weighted by molar-refractivity contribution is 0.166. The number of fused-ring (bicyclic) bond motifs is 1. The Kier molecular flexibility index (Phi) is 3.26. The van der Waals surface area contributed by atoms with Crippen molar-refractivity contribution < 1.29 is 23.0 Å². The molecule has 94 valence electrons. The van der Waals surface area contributed by atoms with Gasteiger partial charge in [-0.1, -0.05) is 6.07 Å². The lowest BCUT2D eigenvalue weighted by atomic mass is 10.1. The molecule has 0 fully saturated rings. The minimum Gasteiger partial charge on any atom is -0.486 e. The Labute approximate surface area is 99.9 Å². The lowest BCUT2D eigenvalue weighted by Crippen LogP contribution is -2.18. The molecule has 1 aromatic carbocycles. The van der Waals surface area contributed by atoms with Crippen LogP contribution in [-0.2, 0) is 16.3 Å². The van der Waals surface area contributed by atoms with Gasteiger partial charge >= 0.3 is 0 Å². The summed E-state index contributed by atoms with van der Waals surface area (Å²) in [4.78, 5) is 0.128. The van der Waals surface area contributed by atoms with Crippen molar-refractivity contribution in [3.05, 3.63) is 17.7 Å². The summed E-state index contributed by atoms with van der Waals surface area (Å²) in [7, 11) is -3.41. The molecule has 2 rings (SSSR count). The first-order chi connectivity index (χ1) is 8.04. The summed E-state index contributed by atoms with van der Waals surface area (Å²) >= 11 is 0. The largest absolute Gasteiger partial charge is 0.486 e. The molecular weight excluding hydrogens is 244 g/mol. The zero-order valence-corrected chi connectivity index (χ0v) is 10.3. The van der Waals surface area contributed by atoms with E-state index in [9.17, 15) is 8.42 Å². The highest BCUT2D eigenvalue weighted by Crippen LogP contribution is 2.38. The fourth-order valence-electron chi connectivity index (χ4n) is 1.85. The van der Waals surface area contributed by atoms with Gasteiger partial charge in [0.15, 0.2) is 21.3 Å². The number of aliphatic hydroxyl groups is 1. The van der Waals surface area contributed by atoms with Crippen LogP contribution in [0, 0.1) is 0 Å². The van der Waals surface area contributed by atoms with Gasteiger partial charge in [0, 0.05) is 12.9 Å². The number of hydrogen-bond donors (Lipinski definition) is 1. The van der Waals surface area contributed by atoms with Gasteiger partial charge in [0.25, 0.3) is 0 Å². The van der Waals surface area contributed by atoms with Crippen molar-refractivity contribution in [2.45, 2.75) is 11.3 Å². The Bertz CT molecular complexity index is 521. The minimum atomic E-state index is -3.41. The van der Waals surface area contributed by atoms with E-state index in [0.717, 1.165) is 6.26 Å². The molecule has 0 saturated carbocycles. The Morgan fingerprint density at radius 2 is 2.00 bits per heavy atom. The second-order valence-electron chi connectivity index (χ2n) is 3.82. The van der Waals surface area contributed by atoms with Crippen molar-refractivity contribution >= 4 is 9.84 Å². The van der Waals surface area contributed by atoms with E-state index in [0.29, 0.717) is 24.5 Å². The molecule has 0 spiro atoms. The normalized spacial score (nSPS) is 14.7. The average Bonchev–Trinajstić information content (AvgIpc) is 2.27. The molecule has 6 heteroatoms. The number of sulfone groups is 1. The Morgan fingerprint density at radius 1 is 1.29 bits per heavy atom. The number of aliphatic hydroxyl groups excluding tert-OH is 1. The maximum Gasteiger partial charge on any atom is 0.180 e. The van der Waals surface area contributed by atoms with Gasteiger partial charge in [-0.3, -0.25) is 0 Å². The van der Waals surface area contributed by atoms with Crippen LogP contribution in [0.4, 0.5) is 0 Å². The number of ether oxygens (including phenoxy) is 2. The molecular formula is C11H14O5S. The quantitative estimate of drug-likeness (QED) is 0.849. The molecule has 1 aromatic rings. The summed E-state index contributed by atoms with van der Waals surface area (Å²) < 4.78 is 34.3. The Balaban J connectivity index is 2.64. The minimum absolute atomic E-state index is 0.109. The molecule has 0 aliphatic carbocycles. The summed E-state index contributed by atoms with van der Waals surface area (Å²) in [6.45, 7) is 0.635. The summed E-state index contributed by atoms with van der Waals surface area (Å²) in [5.41, 5.74) is 0.555. The third-order valence-corrected chi connectivity index (χ3v) is 3.69. The molecule has 1 heterocycles. The standard InChI is InChI=1S/C11H14O5S/c1-17(13,14)11-8(4-5-12)2-3-9-10(11)16-7-6-15-9/h2-3,12H,4-7H2,1H3. The summed E-state index contributed by atoms with van der Waals surface area (Å²) in [5.74, 6) is 0.711. The summed E-state index contributed by atoms with van der Waals surface area (Å²) in [6.07, 6.45) is 1.40. The van der Waals surface area contributed by atoms with Crippen LogP contribution in [0.3, 0.4) is 0 Å². The first-order valence-corrected chi connectivity index (χ1v) is 7.15. The van der Waals surface area contributed by atoms with Crippen LogP contribution in [0.5, 0.6) is 11.5 Å². The third kappa shape index (κ3) is 2.37. The van der Waals surface area contributed by atoms with Gasteiger partial charge in [-0.15, -0.1) is 0 Å². The lowest BCUT2D eigenvalue weighted by Gasteiger charge is -2.22. The van der Waals surface area contributed by atoms with Crippen LogP contribution in [0.15, 0.2) is 17.0 Å². The zero-order valence-electron chi connectivity index (χ0n) is 9.47. The highest BCUT2D eigenvalue weighted by Gasteiger charge is 2.25. The van der Waals surface area contributed by atoms with E-state index in [1.54, 1.807) is 12.1 Å². The maximum absolute atomic E-state index is 11.8. The van der Waals surface area contributed by atoms with Gasteiger partial charge in [-0.25, -0.2) is 8.42 Å².